The monoisotopic (exact) mass is 383 g/mol. The fourth-order valence-electron chi connectivity index (χ4n) is 7.65. The first-order valence-corrected chi connectivity index (χ1v) is 11.0. The van der Waals surface area contributed by atoms with Crippen LogP contribution in [0.3, 0.4) is 0 Å². The Morgan fingerprint density at radius 1 is 1.18 bits per heavy atom. The maximum atomic E-state index is 6.90. The molecule has 2 spiro atoms. The predicted molar refractivity (Wildman–Crippen MR) is 103 cm³/mol. The zero-order valence-corrected chi connectivity index (χ0v) is 16.8. The molecule has 5 fully saturated rings. The minimum absolute atomic E-state index is 0.0309. The fraction of sp³-hybridized carbons (Fsp3) is 0.739. The lowest BCUT2D eigenvalue weighted by atomic mass is 9.45. The molecule has 2 saturated carbocycles. The molecule has 5 heteroatoms. The highest BCUT2D eigenvalue weighted by Crippen LogP contribution is 2.71. The van der Waals surface area contributed by atoms with Gasteiger partial charge in [0.1, 0.15) is 11.7 Å². The van der Waals surface area contributed by atoms with Crippen molar-refractivity contribution in [2.45, 2.75) is 67.3 Å². The van der Waals surface area contributed by atoms with Crippen molar-refractivity contribution in [1.29, 1.82) is 0 Å². The Kier molecular flexibility index (Phi) is 2.98. The van der Waals surface area contributed by atoms with Gasteiger partial charge in [0.15, 0.2) is 11.5 Å². The van der Waals surface area contributed by atoms with Gasteiger partial charge in [-0.1, -0.05) is 6.07 Å². The minimum Gasteiger partial charge on any atom is -0.493 e. The van der Waals surface area contributed by atoms with E-state index in [9.17, 15) is 0 Å². The van der Waals surface area contributed by atoms with Gasteiger partial charge >= 0.3 is 0 Å². The molecule has 28 heavy (non-hydrogen) atoms. The van der Waals surface area contributed by atoms with Crippen LogP contribution in [-0.2, 0) is 21.3 Å². The standard InChI is InChI=1S/C23H29NO4/c1-25-16-6-5-15-11-17-23-8-7-21(26-2,13-27-23)20-22(23,18(15)19(16)28-20)9-10-24(17)12-14-3-4-14/h5-6,14,17,20H,3-4,7-13H2,1-2H3. The van der Waals surface area contributed by atoms with E-state index in [1.807, 2.05) is 7.11 Å². The second-order valence-electron chi connectivity index (χ2n) is 9.96. The van der Waals surface area contributed by atoms with Gasteiger partial charge in [0.05, 0.1) is 24.7 Å². The minimum atomic E-state index is -0.344. The van der Waals surface area contributed by atoms with Crippen molar-refractivity contribution in [2.75, 3.05) is 33.9 Å². The number of piperidine rings is 1. The smallest absolute Gasteiger partial charge is 0.166 e. The maximum Gasteiger partial charge on any atom is 0.166 e. The molecule has 4 aliphatic heterocycles. The summed E-state index contributed by atoms with van der Waals surface area (Å²) in [6, 6.07) is 4.84. The summed E-state index contributed by atoms with van der Waals surface area (Å²) < 4.78 is 25.6. The number of likely N-dealkylation sites (tertiary alicyclic amines) is 1. The summed E-state index contributed by atoms with van der Waals surface area (Å²) >= 11 is 0. The predicted octanol–water partition coefficient (Wildman–Crippen LogP) is 2.68. The maximum absolute atomic E-state index is 6.90. The number of benzene rings is 1. The van der Waals surface area contributed by atoms with Gasteiger partial charge in [0.25, 0.3) is 0 Å². The van der Waals surface area contributed by atoms with Crippen LogP contribution in [0.25, 0.3) is 0 Å². The van der Waals surface area contributed by atoms with Crippen molar-refractivity contribution < 1.29 is 18.9 Å². The van der Waals surface area contributed by atoms with Crippen LogP contribution >= 0.6 is 0 Å². The second kappa shape index (κ2) is 5.05. The summed E-state index contributed by atoms with van der Waals surface area (Å²) in [7, 11) is 3.59. The molecule has 5 atom stereocenters. The third kappa shape index (κ3) is 1.61. The lowest BCUT2D eigenvalue weighted by Gasteiger charge is -2.71. The van der Waals surface area contributed by atoms with E-state index in [4.69, 9.17) is 18.9 Å². The first kappa shape index (κ1) is 16.5. The van der Waals surface area contributed by atoms with Crippen molar-refractivity contribution in [1.82, 2.24) is 4.90 Å². The first-order valence-electron chi connectivity index (χ1n) is 11.0. The van der Waals surface area contributed by atoms with Gasteiger partial charge in [0, 0.05) is 25.3 Å². The molecule has 0 aromatic heterocycles. The molecule has 150 valence electrons. The first-order chi connectivity index (χ1) is 13.7. The van der Waals surface area contributed by atoms with Crippen LogP contribution < -0.4 is 9.47 Å². The third-order valence-corrected chi connectivity index (χ3v) is 9.07. The summed E-state index contributed by atoms with van der Waals surface area (Å²) in [5.41, 5.74) is 2.25. The quantitative estimate of drug-likeness (QED) is 0.800. The summed E-state index contributed by atoms with van der Waals surface area (Å²) in [5, 5.41) is 0. The average molecular weight is 383 g/mol. The van der Waals surface area contributed by atoms with Crippen LogP contribution in [0.2, 0.25) is 0 Å². The van der Waals surface area contributed by atoms with Gasteiger partial charge in [-0.3, -0.25) is 4.90 Å². The zero-order chi connectivity index (χ0) is 18.7. The van der Waals surface area contributed by atoms with Gasteiger partial charge in [-0.05, 0) is 62.6 Å². The molecular weight excluding hydrogens is 354 g/mol. The molecule has 5 nitrogen and oxygen atoms in total. The van der Waals surface area contributed by atoms with Crippen molar-refractivity contribution in [3.8, 4) is 11.5 Å². The summed E-state index contributed by atoms with van der Waals surface area (Å²) in [6.45, 7) is 3.03. The van der Waals surface area contributed by atoms with E-state index in [0.29, 0.717) is 12.6 Å². The molecule has 1 aromatic carbocycles. The van der Waals surface area contributed by atoms with E-state index in [1.54, 1.807) is 7.11 Å². The van der Waals surface area contributed by atoms with E-state index in [-0.39, 0.29) is 22.7 Å². The Labute approximate surface area is 166 Å². The molecule has 3 saturated heterocycles. The molecule has 8 rings (SSSR count). The number of nitrogens with zero attached hydrogens (tertiary/aromatic N) is 1. The number of ether oxygens (including phenoxy) is 4. The summed E-state index contributed by atoms with van der Waals surface area (Å²) in [4.78, 5) is 2.77. The van der Waals surface area contributed by atoms with Crippen molar-refractivity contribution in [2.24, 2.45) is 5.92 Å². The number of hydrogen-bond acceptors (Lipinski definition) is 5. The highest BCUT2D eigenvalue weighted by atomic mass is 16.6. The molecule has 0 radical (unpaired) electrons. The molecule has 5 unspecified atom stereocenters. The molecule has 3 aliphatic carbocycles. The van der Waals surface area contributed by atoms with E-state index in [1.165, 1.54) is 30.5 Å². The van der Waals surface area contributed by atoms with E-state index >= 15 is 0 Å². The Balaban J connectivity index is 1.47. The molecule has 0 amide bonds. The second-order valence-corrected chi connectivity index (χ2v) is 9.96. The van der Waals surface area contributed by atoms with Crippen LogP contribution in [0.5, 0.6) is 11.5 Å². The number of fused-ring (bicyclic) bond motifs is 2. The van der Waals surface area contributed by atoms with Gasteiger partial charge in [-0.15, -0.1) is 0 Å². The summed E-state index contributed by atoms with van der Waals surface area (Å²) in [6.07, 6.45) is 7.09. The van der Waals surface area contributed by atoms with Gasteiger partial charge in [-0.2, -0.15) is 0 Å². The van der Waals surface area contributed by atoms with Crippen LogP contribution in [-0.4, -0.2) is 62.2 Å². The van der Waals surface area contributed by atoms with Crippen molar-refractivity contribution >= 4 is 0 Å². The third-order valence-electron chi connectivity index (χ3n) is 9.07. The van der Waals surface area contributed by atoms with Gasteiger partial charge in [0.2, 0.25) is 0 Å². The van der Waals surface area contributed by atoms with Crippen LogP contribution in [0, 0.1) is 5.92 Å². The van der Waals surface area contributed by atoms with E-state index in [2.05, 4.69) is 17.0 Å². The number of methoxy groups -OCH3 is 2. The highest BCUT2D eigenvalue weighted by molar-refractivity contribution is 5.64. The SMILES string of the molecule is COc1ccc2c3c1OC1C4(OC)CCC5(OC4)C(C2)N(CC2CC2)CCC315. The Morgan fingerprint density at radius 3 is 2.79 bits per heavy atom. The van der Waals surface area contributed by atoms with Crippen molar-refractivity contribution in [3.63, 3.8) is 0 Å². The van der Waals surface area contributed by atoms with Gasteiger partial charge < -0.3 is 18.9 Å². The number of rotatable bonds is 4. The van der Waals surface area contributed by atoms with Crippen LogP contribution in [0.4, 0.5) is 0 Å². The lowest BCUT2D eigenvalue weighted by Crippen LogP contribution is -2.84. The molecular formula is C23H29NO4. The van der Waals surface area contributed by atoms with Crippen LogP contribution in [0.15, 0.2) is 12.1 Å². The molecule has 4 heterocycles. The van der Waals surface area contributed by atoms with Crippen molar-refractivity contribution in [3.05, 3.63) is 23.3 Å². The summed E-state index contributed by atoms with van der Waals surface area (Å²) in [5.74, 6) is 2.73. The van der Waals surface area contributed by atoms with Gasteiger partial charge in [-0.25, -0.2) is 0 Å². The zero-order valence-electron chi connectivity index (χ0n) is 16.8. The molecule has 0 N–H and O–H groups in total. The highest BCUT2D eigenvalue weighted by Gasteiger charge is 2.80. The van der Waals surface area contributed by atoms with E-state index in [0.717, 1.165) is 49.6 Å². The largest absolute Gasteiger partial charge is 0.493 e. The fourth-order valence-corrected chi connectivity index (χ4v) is 7.65. The molecule has 1 aromatic rings. The van der Waals surface area contributed by atoms with E-state index < -0.39 is 0 Å². The Morgan fingerprint density at radius 2 is 2.07 bits per heavy atom. The topological polar surface area (TPSA) is 40.2 Å². The lowest BCUT2D eigenvalue weighted by molar-refractivity contribution is -0.328. The average Bonchev–Trinajstić information content (AvgIpc) is 3.47. The number of hydrogen-bond donors (Lipinski definition) is 0. The van der Waals surface area contributed by atoms with Crippen LogP contribution in [0.1, 0.15) is 43.2 Å². The normalized spacial score (nSPS) is 44.9. The Hall–Kier alpha value is -1.30. The molecule has 4 bridgehead atoms. The Bertz CT molecular complexity index is 856. The molecule has 7 aliphatic rings.